The van der Waals surface area contributed by atoms with Crippen LogP contribution in [0.1, 0.15) is 29.9 Å². The Hall–Kier alpha value is -1.85. The number of hydrogen-bond acceptors (Lipinski definition) is 3. The van der Waals surface area contributed by atoms with E-state index in [0.717, 1.165) is 24.0 Å². The first-order valence-electron chi connectivity index (χ1n) is 7.83. The number of benzene rings is 2. The van der Waals surface area contributed by atoms with Gasteiger partial charge in [0.05, 0.1) is 17.2 Å². The van der Waals surface area contributed by atoms with E-state index in [1.54, 1.807) is 12.1 Å². The molecule has 0 saturated heterocycles. The first-order chi connectivity index (χ1) is 11.0. The zero-order chi connectivity index (χ0) is 16.4. The number of rotatable bonds is 3. The van der Waals surface area contributed by atoms with Gasteiger partial charge in [-0.3, -0.25) is 4.31 Å². The lowest BCUT2D eigenvalue weighted by atomic mass is 9.95. The topological polar surface area (TPSA) is 57.6 Å². The lowest BCUT2D eigenvalue weighted by Gasteiger charge is -2.25. The molecule has 122 valence electrons. The molecular formula is C18H21NO3S. The van der Waals surface area contributed by atoms with Crippen LogP contribution < -0.4 is 4.31 Å². The van der Waals surface area contributed by atoms with E-state index in [0.29, 0.717) is 17.1 Å². The van der Waals surface area contributed by atoms with Crippen LogP contribution in [0.3, 0.4) is 0 Å². The van der Waals surface area contributed by atoms with Crippen molar-refractivity contribution in [3.8, 4) is 0 Å². The molecule has 1 N–H and O–H groups in total. The minimum Gasteiger partial charge on any atom is -0.396 e. The molecule has 0 radical (unpaired) electrons. The van der Waals surface area contributed by atoms with Gasteiger partial charge in [0.1, 0.15) is 0 Å². The maximum Gasteiger partial charge on any atom is 0.264 e. The van der Waals surface area contributed by atoms with Gasteiger partial charge in [-0.2, -0.15) is 0 Å². The van der Waals surface area contributed by atoms with Gasteiger partial charge in [-0.15, -0.1) is 0 Å². The molecule has 0 aromatic heterocycles. The summed E-state index contributed by atoms with van der Waals surface area (Å²) in [5.41, 5.74) is 2.62. The van der Waals surface area contributed by atoms with Crippen molar-refractivity contribution >= 4 is 15.7 Å². The minimum absolute atomic E-state index is 0.00980. The largest absolute Gasteiger partial charge is 0.396 e. The normalized spacial score (nSPS) is 18.3. The number of anilines is 1. The molecule has 0 spiro atoms. The fraction of sp³-hybridized carbons (Fsp3) is 0.333. The molecule has 2 aromatic carbocycles. The standard InChI is InChI=1S/C18H21NO3S/c1-14-8-10-16(11-9-14)23(21,22)19-12-4-5-15(13-20)17-6-2-3-7-18(17)19/h2-3,6-11,15,20H,4-5,12-13H2,1H3/t15-/m0/s1. The highest BCUT2D eigenvalue weighted by Crippen LogP contribution is 2.36. The maximum absolute atomic E-state index is 13.1. The predicted octanol–water partition coefficient (Wildman–Crippen LogP) is 3.06. The van der Waals surface area contributed by atoms with Gasteiger partial charge in [0, 0.05) is 12.5 Å². The molecule has 0 aliphatic carbocycles. The van der Waals surface area contributed by atoms with E-state index in [9.17, 15) is 13.5 Å². The van der Waals surface area contributed by atoms with Crippen LogP contribution in [0.15, 0.2) is 53.4 Å². The van der Waals surface area contributed by atoms with Crippen molar-refractivity contribution in [2.24, 2.45) is 0 Å². The molecule has 5 heteroatoms. The molecule has 1 aliphatic heterocycles. The van der Waals surface area contributed by atoms with Crippen molar-refractivity contribution in [2.75, 3.05) is 17.5 Å². The molecule has 3 rings (SSSR count). The summed E-state index contributed by atoms with van der Waals surface area (Å²) in [6, 6.07) is 14.4. The van der Waals surface area contributed by atoms with E-state index in [-0.39, 0.29) is 12.5 Å². The Kier molecular flexibility index (Phi) is 4.41. The Morgan fingerprint density at radius 1 is 1.13 bits per heavy atom. The van der Waals surface area contributed by atoms with Crippen LogP contribution in [0.4, 0.5) is 5.69 Å². The van der Waals surface area contributed by atoms with Crippen LogP contribution >= 0.6 is 0 Å². The number of para-hydroxylation sites is 1. The maximum atomic E-state index is 13.1. The van der Waals surface area contributed by atoms with Gasteiger partial charge in [-0.25, -0.2) is 8.42 Å². The van der Waals surface area contributed by atoms with E-state index in [1.807, 2.05) is 43.3 Å². The number of aryl methyl sites for hydroxylation is 1. The Morgan fingerprint density at radius 2 is 1.83 bits per heavy atom. The van der Waals surface area contributed by atoms with Crippen molar-refractivity contribution in [1.82, 2.24) is 0 Å². The van der Waals surface area contributed by atoms with E-state index in [4.69, 9.17) is 0 Å². The van der Waals surface area contributed by atoms with Crippen LogP contribution in [0.25, 0.3) is 0 Å². The third-order valence-corrected chi connectivity index (χ3v) is 6.22. The Bertz CT molecular complexity index is 784. The molecule has 23 heavy (non-hydrogen) atoms. The molecule has 1 heterocycles. The summed E-state index contributed by atoms with van der Waals surface area (Å²) in [7, 11) is -3.60. The first-order valence-corrected chi connectivity index (χ1v) is 9.27. The van der Waals surface area contributed by atoms with Crippen LogP contribution in [0, 0.1) is 6.92 Å². The van der Waals surface area contributed by atoms with Crippen molar-refractivity contribution in [2.45, 2.75) is 30.6 Å². The van der Waals surface area contributed by atoms with Gasteiger partial charge in [0.15, 0.2) is 0 Å². The number of sulfonamides is 1. The van der Waals surface area contributed by atoms with Crippen molar-refractivity contribution in [3.63, 3.8) is 0 Å². The summed E-state index contributed by atoms with van der Waals surface area (Å²) >= 11 is 0. The van der Waals surface area contributed by atoms with Gasteiger partial charge >= 0.3 is 0 Å². The minimum atomic E-state index is -3.60. The fourth-order valence-corrected chi connectivity index (χ4v) is 4.62. The zero-order valence-electron chi connectivity index (χ0n) is 13.1. The quantitative estimate of drug-likeness (QED) is 0.940. The molecule has 0 unspecified atom stereocenters. The average molecular weight is 331 g/mol. The summed E-state index contributed by atoms with van der Waals surface area (Å²) in [5.74, 6) is -0.00980. The molecule has 0 fully saturated rings. The van der Waals surface area contributed by atoms with Gasteiger partial charge in [0.25, 0.3) is 10.0 Å². The summed E-state index contributed by atoms with van der Waals surface area (Å²) in [5, 5.41) is 9.63. The van der Waals surface area contributed by atoms with E-state index >= 15 is 0 Å². The third kappa shape index (κ3) is 2.99. The number of hydrogen-bond donors (Lipinski definition) is 1. The number of nitrogens with zero attached hydrogens (tertiary/aromatic N) is 1. The van der Waals surface area contributed by atoms with E-state index < -0.39 is 10.0 Å². The smallest absolute Gasteiger partial charge is 0.264 e. The van der Waals surface area contributed by atoms with Crippen LogP contribution in [-0.4, -0.2) is 26.7 Å². The highest BCUT2D eigenvalue weighted by Gasteiger charge is 2.30. The summed E-state index contributed by atoms with van der Waals surface area (Å²) in [6.07, 6.45) is 1.51. The average Bonchev–Trinajstić information content (AvgIpc) is 2.75. The second kappa shape index (κ2) is 6.34. The molecule has 0 amide bonds. The van der Waals surface area contributed by atoms with E-state index in [2.05, 4.69) is 0 Å². The van der Waals surface area contributed by atoms with Crippen LogP contribution in [0.2, 0.25) is 0 Å². The number of aliphatic hydroxyl groups excluding tert-OH is 1. The van der Waals surface area contributed by atoms with Gasteiger partial charge < -0.3 is 5.11 Å². The lowest BCUT2D eigenvalue weighted by molar-refractivity contribution is 0.259. The summed E-state index contributed by atoms with van der Waals surface area (Å²) in [6.45, 7) is 2.41. The Labute approximate surface area is 137 Å². The van der Waals surface area contributed by atoms with Gasteiger partial charge in [-0.1, -0.05) is 35.9 Å². The molecule has 1 aliphatic rings. The zero-order valence-corrected chi connectivity index (χ0v) is 14.0. The molecular weight excluding hydrogens is 310 g/mol. The first kappa shape index (κ1) is 16.0. The molecule has 2 aromatic rings. The summed E-state index contributed by atoms with van der Waals surface area (Å²) < 4.78 is 27.6. The Morgan fingerprint density at radius 3 is 2.52 bits per heavy atom. The second-order valence-corrected chi connectivity index (χ2v) is 7.83. The van der Waals surface area contributed by atoms with Crippen molar-refractivity contribution in [1.29, 1.82) is 0 Å². The van der Waals surface area contributed by atoms with Crippen molar-refractivity contribution < 1.29 is 13.5 Å². The molecule has 4 nitrogen and oxygen atoms in total. The number of aliphatic hydroxyl groups is 1. The van der Waals surface area contributed by atoms with E-state index in [1.165, 1.54) is 4.31 Å². The third-order valence-electron chi connectivity index (χ3n) is 4.39. The highest BCUT2D eigenvalue weighted by atomic mass is 32.2. The van der Waals surface area contributed by atoms with Crippen molar-refractivity contribution in [3.05, 3.63) is 59.7 Å². The predicted molar refractivity (Wildman–Crippen MR) is 91.2 cm³/mol. The highest BCUT2D eigenvalue weighted by molar-refractivity contribution is 7.92. The SMILES string of the molecule is Cc1ccc(S(=O)(=O)N2CCC[C@@H](CO)c3ccccc32)cc1. The lowest BCUT2D eigenvalue weighted by Crippen LogP contribution is -2.31. The molecule has 0 saturated carbocycles. The second-order valence-electron chi connectivity index (χ2n) is 5.97. The summed E-state index contributed by atoms with van der Waals surface area (Å²) in [4.78, 5) is 0.306. The molecule has 0 bridgehead atoms. The van der Waals surface area contributed by atoms with Crippen LogP contribution in [-0.2, 0) is 10.0 Å². The van der Waals surface area contributed by atoms with Crippen LogP contribution in [0.5, 0.6) is 0 Å². The van der Waals surface area contributed by atoms with Gasteiger partial charge in [0.2, 0.25) is 0 Å². The number of fused-ring (bicyclic) bond motifs is 1. The Balaban J connectivity index is 2.09. The molecule has 1 atom stereocenters. The fourth-order valence-electron chi connectivity index (χ4n) is 3.09. The van der Waals surface area contributed by atoms with Gasteiger partial charge in [-0.05, 0) is 43.5 Å². The monoisotopic (exact) mass is 331 g/mol.